The molecule has 1 aromatic heterocycles. The molecule has 5 nitrogen and oxygen atoms in total. The van der Waals surface area contributed by atoms with Crippen molar-refractivity contribution in [3.63, 3.8) is 0 Å². The molecule has 0 aliphatic carbocycles. The van der Waals surface area contributed by atoms with Gasteiger partial charge in [0.25, 0.3) is 5.91 Å². The first kappa shape index (κ1) is 15.4. The van der Waals surface area contributed by atoms with Crippen molar-refractivity contribution in [2.45, 2.75) is 6.54 Å². The molecule has 0 spiro atoms. The van der Waals surface area contributed by atoms with E-state index in [1.54, 1.807) is 18.2 Å². The fraction of sp³-hybridized carbons (Fsp3) is 0.143. The number of esters is 1. The second-order valence-corrected chi connectivity index (χ2v) is 4.90. The molecule has 0 saturated heterocycles. The van der Waals surface area contributed by atoms with Crippen LogP contribution in [0.1, 0.15) is 16.1 Å². The van der Waals surface area contributed by atoms with Crippen LogP contribution in [0.4, 0.5) is 0 Å². The summed E-state index contributed by atoms with van der Waals surface area (Å²) in [6.45, 7) is -0.191. The summed E-state index contributed by atoms with van der Waals surface area (Å²) in [5.41, 5.74) is 0.114. The maximum absolute atomic E-state index is 11.8. The van der Waals surface area contributed by atoms with Gasteiger partial charge in [0.1, 0.15) is 5.76 Å². The lowest BCUT2D eigenvalue weighted by molar-refractivity contribution is -0.124. The van der Waals surface area contributed by atoms with Crippen molar-refractivity contribution in [3.8, 4) is 0 Å². The summed E-state index contributed by atoms with van der Waals surface area (Å²) in [5, 5.41) is 3.11. The molecule has 7 heteroatoms. The molecule has 1 amide bonds. The van der Waals surface area contributed by atoms with E-state index in [4.69, 9.17) is 32.4 Å². The van der Waals surface area contributed by atoms with E-state index in [0.717, 1.165) is 0 Å². The van der Waals surface area contributed by atoms with Crippen molar-refractivity contribution in [1.29, 1.82) is 0 Å². The molecule has 0 atom stereocenters. The molecule has 0 fully saturated rings. The van der Waals surface area contributed by atoms with E-state index in [1.165, 1.54) is 18.4 Å². The number of hydrogen-bond acceptors (Lipinski definition) is 4. The SMILES string of the molecule is O=C(COC(=O)c1cc(Cl)ccc1Cl)NCc1ccco1. The third kappa shape index (κ3) is 4.51. The van der Waals surface area contributed by atoms with E-state index < -0.39 is 18.5 Å². The van der Waals surface area contributed by atoms with Gasteiger partial charge in [0, 0.05) is 5.02 Å². The minimum Gasteiger partial charge on any atom is -0.467 e. The highest BCUT2D eigenvalue weighted by Gasteiger charge is 2.14. The molecule has 2 rings (SSSR count). The Hall–Kier alpha value is -1.98. The highest BCUT2D eigenvalue weighted by Crippen LogP contribution is 2.21. The van der Waals surface area contributed by atoms with Gasteiger partial charge in [0.15, 0.2) is 6.61 Å². The van der Waals surface area contributed by atoms with Gasteiger partial charge in [-0.25, -0.2) is 4.79 Å². The normalized spacial score (nSPS) is 10.2. The molecular weight excluding hydrogens is 317 g/mol. The van der Waals surface area contributed by atoms with Gasteiger partial charge in [0.2, 0.25) is 0 Å². The van der Waals surface area contributed by atoms with Crippen LogP contribution in [0, 0.1) is 0 Å². The van der Waals surface area contributed by atoms with Gasteiger partial charge < -0.3 is 14.5 Å². The molecule has 1 N–H and O–H groups in total. The van der Waals surface area contributed by atoms with E-state index in [-0.39, 0.29) is 17.1 Å². The predicted octanol–water partition coefficient (Wildman–Crippen LogP) is 3.06. The van der Waals surface area contributed by atoms with Crippen molar-refractivity contribution in [3.05, 3.63) is 58.0 Å². The maximum atomic E-state index is 11.8. The van der Waals surface area contributed by atoms with Gasteiger partial charge in [-0.15, -0.1) is 0 Å². The number of benzene rings is 1. The van der Waals surface area contributed by atoms with Gasteiger partial charge in [-0.1, -0.05) is 23.2 Å². The van der Waals surface area contributed by atoms with Crippen molar-refractivity contribution >= 4 is 35.1 Å². The number of rotatable bonds is 5. The second-order valence-electron chi connectivity index (χ2n) is 4.06. The van der Waals surface area contributed by atoms with Crippen molar-refractivity contribution < 1.29 is 18.7 Å². The van der Waals surface area contributed by atoms with E-state index in [9.17, 15) is 9.59 Å². The van der Waals surface area contributed by atoms with Crippen LogP contribution in [0.25, 0.3) is 0 Å². The van der Waals surface area contributed by atoms with E-state index in [2.05, 4.69) is 5.32 Å². The molecule has 0 unspecified atom stereocenters. The molecule has 0 bridgehead atoms. The molecule has 2 aromatic rings. The van der Waals surface area contributed by atoms with Crippen molar-refractivity contribution in [2.75, 3.05) is 6.61 Å². The smallest absolute Gasteiger partial charge is 0.340 e. The van der Waals surface area contributed by atoms with E-state index >= 15 is 0 Å². The van der Waals surface area contributed by atoms with Crippen molar-refractivity contribution in [1.82, 2.24) is 5.32 Å². The van der Waals surface area contributed by atoms with E-state index in [1.807, 2.05) is 0 Å². The number of amides is 1. The van der Waals surface area contributed by atoms with Crippen LogP contribution in [0.15, 0.2) is 41.0 Å². The Bertz CT molecular complexity index is 640. The largest absolute Gasteiger partial charge is 0.467 e. The number of furan rings is 1. The van der Waals surface area contributed by atoms with Crippen LogP contribution in [-0.4, -0.2) is 18.5 Å². The number of halogens is 2. The standard InChI is InChI=1S/C14H11Cl2NO4/c15-9-3-4-12(16)11(6-9)14(19)21-8-13(18)17-7-10-2-1-5-20-10/h1-6H,7-8H2,(H,17,18). The lowest BCUT2D eigenvalue weighted by Gasteiger charge is -2.07. The summed E-state index contributed by atoms with van der Waals surface area (Å²) in [7, 11) is 0. The van der Waals surface area contributed by atoms with E-state index in [0.29, 0.717) is 10.8 Å². The molecule has 110 valence electrons. The van der Waals surface area contributed by atoms with Gasteiger partial charge in [0.05, 0.1) is 23.4 Å². The van der Waals surface area contributed by atoms with Crippen LogP contribution in [0.3, 0.4) is 0 Å². The average molecular weight is 328 g/mol. The molecule has 1 heterocycles. The summed E-state index contributed by atoms with van der Waals surface area (Å²) in [6, 6.07) is 7.85. The molecule has 0 saturated carbocycles. The fourth-order valence-corrected chi connectivity index (χ4v) is 1.88. The first-order chi connectivity index (χ1) is 10.1. The summed E-state index contributed by atoms with van der Waals surface area (Å²) in [5.74, 6) is -0.555. The first-order valence-electron chi connectivity index (χ1n) is 5.97. The molecular formula is C14H11Cl2NO4. The molecule has 1 aromatic carbocycles. The van der Waals surface area contributed by atoms with Crippen LogP contribution < -0.4 is 5.32 Å². The quantitative estimate of drug-likeness (QED) is 0.857. The number of carbonyl (C=O) groups excluding carboxylic acids is 2. The lowest BCUT2D eigenvalue weighted by Crippen LogP contribution is -2.28. The predicted molar refractivity (Wildman–Crippen MR) is 77.3 cm³/mol. The first-order valence-corrected chi connectivity index (χ1v) is 6.73. The Labute approximate surface area is 130 Å². The van der Waals surface area contributed by atoms with Crippen LogP contribution in [0.5, 0.6) is 0 Å². The summed E-state index contributed by atoms with van der Waals surface area (Å²) in [4.78, 5) is 23.3. The topological polar surface area (TPSA) is 68.5 Å². The summed E-state index contributed by atoms with van der Waals surface area (Å²) < 4.78 is 9.92. The minimum atomic E-state index is -0.712. The second kappa shape index (κ2) is 7.15. The van der Waals surface area contributed by atoms with Gasteiger partial charge in [-0.3, -0.25) is 4.79 Å². The zero-order chi connectivity index (χ0) is 15.2. The highest BCUT2D eigenvalue weighted by molar-refractivity contribution is 6.35. The molecule has 0 aliphatic rings. The number of hydrogen-bond donors (Lipinski definition) is 1. The fourth-order valence-electron chi connectivity index (χ4n) is 1.51. The summed E-state index contributed by atoms with van der Waals surface area (Å²) in [6.07, 6.45) is 1.50. The monoisotopic (exact) mass is 327 g/mol. The molecule has 0 radical (unpaired) electrons. The summed E-state index contributed by atoms with van der Waals surface area (Å²) >= 11 is 11.6. The number of ether oxygens (including phenoxy) is 1. The molecule has 0 aliphatic heterocycles. The Balaban J connectivity index is 1.83. The van der Waals surface area contributed by atoms with Gasteiger partial charge in [-0.05, 0) is 30.3 Å². The van der Waals surface area contributed by atoms with Crippen LogP contribution >= 0.6 is 23.2 Å². The Morgan fingerprint density at radius 1 is 1.24 bits per heavy atom. The Kier molecular flexibility index (Phi) is 5.25. The zero-order valence-electron chi connectivity index (χ0n) is 10.8. The number of nitrogens with one attached hydrogen (secondary N) is 1. The minimum absolute atomic E-state index is 0.114. The average Bonchev–Trinajstić information content (AvgIpc) is 2.98. The Morgan fingerprint density at radius 3 is 2.76 bits per heavy atom. The molecule has 21 heavy (non-hydrogen) atoms. The Morgan fingerprint density at radius 2 is 2.05 bits per heavy atom. The van der Waals surface area contributed by atoms with Crippen LogP contribution in [-0.2, 0) is 16.1 Å². The van der Waals surface area contributed by atoms with Gasteiger partial charge in [-0.2, -0.15) is 0 Å². The van der Waals surface area contributed by atoms with Gasteiger partial charge >= 0.3 is 5.97 Å². The number of carbonyl (C=O) groups is 2. The lowest BCUT2D eigenvalue weighted by atomic mass is 10.2. The van der Waals surface area contributed by atoms with Crippen LogP contribution in [0.2, 0.25) is 10.0 Å². The third-order valence-corrected chi connectivity index (χ3v) is 3.09. The van der Waals surface area contributed by atoms with Crippen molar-refractivity contribution in [2.24, 2.45) is 0 Å². The zero-order valence-corrected chi connectivity index (χ0v) is 12.3. The third-order valence-electron chi connectivity index (χ3n) is 2.52. The highest BCUT2D eigenvalue weighted by atomic mass is 35.5. The maximum Gasteiger partial charge on any atom is 0.340 e.